The van der Waals surface area contributed by atoms with Gasteiger partial charge < -0.3 is 36.6 Å². The predicted octanol–water partition coefficient (Wildman–Crippen LogP) is -3.03. The minimum Gasteiger partial charge on any atom is -0.395 e. The molecular formula is C13H28N4O3. The molecule has 2 rings (SSSR count). The first-order valence-corrected chi connectivity index (χ1v) is 7.54. The lowest BCUT2D eigenvalue weighted by molar-refractivity contribution is 0.0883. The van der Waals surface area contributed by atoms with Gasteiger partial charge in [-0.25, -0.2) is 0 Å². The molecule has 2 aliphatic heterocycles. The molecule has 4 unspecified atom stereocenters. The third kappa shape index (κ3) is 4.92. The van der Waals surface area contributed by atoms with Gasteiger partial charge >= 0.3 is 0 Å². The zero-order valence-electron chi connectivity index (χ0n) is 11.9. The van der Waals surface area contributed by atoms with Crippen molar-refractivity contribution in [2.45, 2.75) is 43.1 Å². The van der Waals surface area contributed by atoms with Crippen LogP contribution in [-0.4, -0.2) is 85.0 Å². The second-order valence-electron chi connectivity index (χ2n) is 5.92. The molecule has 0 amide bonds. The number of nitrogens with one attached hydrogen (secondary N) is 4. The zero-order chi connectivity index (χ0) is 14.4. The molecule has 2 bridgehead atoms. The Kier molecular flexibility index (Phi) is 6.63. The van der Waals surface area contributed by atoms with E-state index in [1.165, 1.54) is 0 Å². The van der Waals surface area contributed by atoms with Gasteiger partial charge in [0.25, 0.3) is 0 Å². The lowest BCUT2D eigenvalue weighted by Gasteiger charge is -2.36. The number of piperidine rings is 1. The molecule has 2 heterocycles. The van der Waals surface area contributed by atoms with Crippen molar-refractivity contribution >= 4 is 0 Å². The maximum absolute atomic E-state index is 9.96. The van der Waals surface area contributed by atoms with Gasteiger partial charge in [-0.1, -0.05) is 0 Å². The summed E-state index contributed by atoms with van der Waals surface area (Å²) in [5.41, 5.74) is 0. The summed E-state index contributed by atoms with van der Waals surface area (Å²) < 4.78 is 0. The molecule has 0 aromatic carbocycles. The molecule has 7 heteroatoms. The fraction of sp³-hybridized carbons (Fsp3) is 1.00. The van der Waals surface area contributed by atoms with Crippen LogP contribution in [0.3, 0.4) is 0 Å². The summed E-state index contributed by atoms with van der Waals surface area (Å²) in [6.07, 6.45) is 1.19. The van der Waals surface area contributed by atoms with Gasteiger partial charge in [0.05, 0.1) is 19.3 Å². The van der Waals surface area contributed by atoms with Crippen LogP contribution >= 0.6 is 0 Å². The maximum atomic E-state index is 9.96. The first kappa shape index (κ1) is 16.1. The average Bonchev–Trinajstić information content (AvgIpc) is 2.44. The number of aliphatic hydroxyl groups is 3. The number of hydrogen-bond acceptors (Lipinski definition) is 7. The van der Waals surface area contributed by atoms with Crippen molar-refractivity contribution in [3.8, 4) is 0 Å². The predicted molar refractivity (Wildman–Crippen MR) is 76.6 cm³/mol. The Hall–Kier alpha value is -0.280. The Bertz CT molecular complexity index is 258. The van der Waals surface area contributed by atoms with Crippen molar-refractivity contribution in [3.05, 3.63) is 0 Å². The Morgan fingerprint density at radius 3 is 1.75 bits per heavy atom. The quantitative estimate of drug-likeness (QED) is 0.290. The summed E-state index contributed by atoms with van der Waals surface area (Å²) in [5, 5.41) is 42.1. The molecule has 2 aliphatic rings. The summed E-state index contributed by atoms with van der Waals surface area (Å²) in [7, 11) is 0. The highest BCUT2D eigenvalue weighted by molar-refractivity contribution is 4.90. The Morgan fingerprint density at radius 2 is 1.30 bits per heavy atom. The van der Waals surface area contributed by atoms with E-state index in [0.29, 0.717) is 13.1 Å². The lowest BCUT2D eigenvalue weighted by atomic mass is 9.95. The highest BCUT2D eigenvalue weighted by atomic mass is 16.3. The summed E-state index contributed by atoms with van der Waals surface area (Å²) in [4.78, 5) is 0. The molecule has 4 atom stereocenters. The van der Waals surface area contributed by atoms with Crippen LogP contribution in [0.4, 0.5) is 0 Å². The molecule has 2 saturated heterocycles. The van der Waals surface area contributed by atoms with Crippen molar-refractivity contribution in [1.29, 1.82) is 0 Å². The van der Waals surface area contributed by atoms with Crippen LogP contribution in [0.15, 0.2) is 0 Å². The van der Waals surface area contributed by atoms with Crippen LogP contribution in [0.1, 0.15) is 12.8 Å². The third-order valence-corrected chi connectivity index (χ3v) is 4.11. The van der Waals surface area contributed by atoms with Crippen LogP contribution in [0.25, 0.3) is 0 Å². The van der Waals surface area contributed by atoms with Gasteiger partial charge in [-0.05, 0) is 12.8 Å². The van der Waals surface area contributed by atoms with Gasteiger partial charge in [0.2, 0.25) is 0 Å². The molecule has 0 saturated carbocycles. The molecule has 20 heavy (non-hydrogen) atoms. The van der Waals surface area contributed by atoms with Crippen LogP contribution < -0.4 is 21.3 Å². The molecule has 0 aromatic rings. The maximum Gasteiger partial charge on any atom is 0.0597 e. The van der Waals surface area contributed by atoms with E-state index in [0.717, 1.165) is 25.9 Å². The first-order chi connectivity index (χ1) is 9.71. The second kappa shape index (κ2) is 8.23. The van der Waals surface area contributed by atoms with Crippen molar-refractivity contribution in [3.63, 3.8) is 0 Å². The van der Waals surface area contributed by atoms with Crippen LogP contribution in [0.5, 0.6) is 0 Å². The molecule has 0 spiro atoms. The standard InChI is InChI=1S/C13H28N4O3/c18-7-11-3-14-4-12(8-19)16-6-10-2-13(20)1-9(17-10)5-15-11/h9-20H,1-8H2. The van der Waals surface area contributed by atoms with Gasteiger partial charge in [0, 0.05) is 50.3 Å². The largest absolute Gasteiger partial charge is 0.395 e. The minimum absolute atomic E-state index is 0.00640. The number of aliphatic hydroxyl groups excluding tert-OH is 3. The molecule has 0 aromatic heterocycles. The number of fused-ring (bicyclic) bond motifs is 2. The van der Waals surface area contributed by atoms with E-state index in [2.05, 4.69) is 21.3 Å². The van der Waals surface area contributed by atoms with Crippen molar-refractivity contribution < 1.29 is 15.3 Å². The van der Waals surface area contributed by atoms with E-state index >= 15 is 0 Å². The SMILES string of the molecule is OCC1CNCC(CO)NCC2CC(O)CC(CN1)N2. The molecular weight excluding hydrogens is 260 g/mol. The lowest BCUT2D eigenvalue weighted by Crippen LogP contribution is -2.59. The van der Waals surface area contributed by atoms with E-state index in [-0.39, 0.29) is 43.5 Å². The molecule has 118 valence electrons. The number of rotatable bonds is 2. The van der Waals surface area contributed by atoms with Gasteiger partial charge in [0.1, 0.15) is 0 Å². The van der Waals surface area contributed by atoms with E-state index < -0.39 is 0 Å². The molecule has 7 N–H and O–H groups in total. The number of hydrogen-bond donors (Lipinski definition) is 7. The first-order valence-electron chi connectivity index (χ1n) is 7.54. The fourth-order valence-electron chi connectivity index (χ4n) is 2.96. The van der Waals surface area contributed by atoms with E-state index in [4.69, 9.17) is 0 Å². The highest BCUT2D eigenvalue weighted by Crippen LogP contribution is 2.13. The average molecular weight is 288 g/mol. The van der Waals surface area contributed by atoms with Gasteiger partial charge in [-0.2, -0.15) is 0 Å². The van der Waals surface area contributed by atoms with Crippen LogP contribution in [0, 0.1) is 0 Å². The van der Waals surface area contributed by atoms with Gasteiger partial charge in [-0.3, -0.25) is 0 Å². The van der Waals surface area contributed by atoms with Gasteiger partial charge in [-0.15, -0.1) is 0 Å². The molecule has 0 aliphatic carbocycles. The summed E-state index contributed by atoms with van der Waals surface area (Å²) in [6, 6.07) is 0.416. The summed E-state index contributed by atoms with van der Waals surface area (Å²) in [6.45, 7) is 2.94. The van der Waals surface area contributed by atoms with Gasteiger partial charge in [0.15, 0.2) is 0 Å². The topological polar surface area (TPSA) is 109 Å². The molecule has 7 nitrogen and oxygen atoms in total. The summed E-state index contributed by atoms with van der Waals surface area (Å²) >= 11 is 0. The molecule has 2 fully saturated rings. The van der Waals surface area contributed by atoms with Crippen LogP contribution in [-0.2, 0) is 0 Å². The van der Waals surface area contributed by atoms with Crippen molar-refractivity contribution in [2.75, 3.05) is 39.4 Å². The summed E-state index contributed by atoms with van der Waals surface area (Å²) in [5.74, 6) is 0. The van der Waals surface area contributed by atoms with Crippen molar-refractivity contribution in [2.24, 2.45) is 0 Å². The Morgan fingerprint density at radius 1 is 0.800 bits per heavy atom. The Balaban J connectivity index is 1.95. The van der Waals surface area contributed by atoms with E-state index in [9.17, 15) is 15.3 Å². The second-order valence-corrected chi connectivity index (χ2v) is 5.92. The fourth-order valence-corrected chi connectivity index (χ4v) is 2.96. The Labute approximate surface area is 120 Å². The third-order valence-electron chi connectivity index (χ3n) is 4.11. The smallest absolute Gasteiger partial charge is 0.0597 e. The highest BCUT2D eigenvalue weighted by Gasteiger charge is 2.28. The minimum atomic E-state index is -0.281. The van der Waals surface area contributed by atoms with Crippen LogP contribution in [0.2, 0.25) is 0 Å². The molecule has 0 radical (unpaired) electrons. The monoisotopic (exact) mass is 288 g/mol. The van der Waals surface area contributed by atoms with Crippen molar-refractivity contribution in [1.82, 2.24) is 21.3 Å². The van der Waals surface area contributed by atoms with E-state index in [1.54, 1.807) is 0 Å². The normalized spacial score (nSPS) is 40.6. The van der Waals surface area contributed by atoms with E-state index in [1.807, 2.05) is 0 Å². The zero-order valence-corrected chi connectivity index (χ0v) is 11.9.